The summed E-state index contributed by atoms with van der Waals surface area (Å²) in [6.07, 6.45) is 0.782. The highest BCUT2D eigenvalue weighted by molar-refractivity contribution is 5.42. The number of nitrogens with one attached hydrogen (secondary N) is 1. The molecule has 0 spiro atoms. The molecule has 1 aliphatic heterocycles. The zero-order valence-electron chi connectivity index (χ0n) is 13.3. The van der Waals surface area contributed by atoms with E-state index in [0.717, 1.165) is 12.0 Å². The average Bonchev–Trinajstić information content (AvgIpc) is 2.95. The summed E-state index contributed by atoms with van der Waals surface area (Å²) in [4.78, 5) is 4.28. The molecule has 3 aromatic rings. The number of benzene rings is 2. The minimum absolute atomic E-state index is 0.0436. The molecule has 5 nitrogen and oxygen atoms in total. The number of rotatable bonds is 2. The van der Waals surface area contributed by atoms with Crippen molar-refractivity contribution < 1.29 is 4.39 Å². The minimum atomic E-state index is -0.249. The van der Waals surface area contributed by atoms with Crippen LogP contribution >= 0.6 is 0 Å². The van der Waals surface area contributed by atoms with Gasteiger partial charge in [-0.15, -0.1) is 5.10 Å². The van der Waals surface area contributed by atoms with Gasteiger partial charge in [-0.25, -0.2) is 9.07 Å². The van der Waals surface area contributed by atoms with Crippen molar-refractivity contribution in [3.8, 4) is 0 Å². The van der Waals surface area contributed by atoms with Crippen LogP contribution < -0.4 is 11.1 Å². The van der Waals surface area contributed by atoms with Crippen molar-refractivity contribution in [3.05, 3.63) is 71.0 Å². The predicted molar refractivity (Wildman–Crippen MR) is 91.1 cm³/mol. The van der Waals surface area contributed by atoms with Crippen LogP contribution in [0.1, 0.15) is 35.2 Å². The van der Waals surface area contributed by atoms with E-state index in [-0.39, 0.29) is 23.8 Å². The van der Waals surface area contributed by atoms with E-state index in [4.69, 9.17) is 5.73 Å². The highest BCUT2D eigenvalue weighted by Crippen LogP contribution is 2.37. The first-order valence-corrected chi connectivity index (χ1v) is 7.91. The molecule has 2 atom stereocenters. The average molecular weight is 323 g/mol. The van der Waals surface area contributed by atoms with E-state index in [1.54, 1.807) is 16.8 Å². The number of fused-ring (bicyclic) bond motifs is 1. The van der Waals surface area contributed by atoms with Crippen LogP contribution in [0.3, 0.4) is 0 Å². The Morgan fingerprint density at radius 1 is 1.08 bits per heavy atom. The van der Waals surface area contributed by atoms with Gasteiger partial charge in [0.25, 0.3) is 0 Å². The molecule has 0 saturated carbocycles. The fourth-order valence-corrected chi connectivity index (χ4v) is 3.17. The van der Waals surface area contributed by atoms with Crippen molar-refractivity contribution in [2.24, 2.45) is 0 Å². The molecule has 24 heavy (non-hydrogen) atoms. The SMILES string of the molecule is Cc1ccc(C2CC(c3ccc(F)cc3)n3nc(N)nc3N2)cc1. The van der Waals surface area contributed by atoms with Crippen LogP contribution in [0.25, 0.3) is 0 Å². The van der Waals surface area contributed by atoms with E-state index in [2.05, 4.69) is 46.6 Å². The summed E-state index contributed by atoms with van der Waals surface area (Å²) in [5.41, 5.74) is 9.17. The van der Waals surface area contributed by atoms with Crippen molar-refractivity contribution >= 4 is 11.9 Å². The number of nitrogen functional groups attached to an aromatic ring is 1. The molecule has 4 rings (SSSR count). The van der Waals surface area contributed by atoms with Crippen LogP contribution in [0.15, 0.2) is 48.5 Å². The predicted octanol–water partition coefficient (Wildman–Crippen LogP) is 3.45. The van der Waals surface area contributed by atoms with Crippen molar-refractivity contribution in [2.75, 3.05) is 11.1 Å². The van der Waals surface area contributed by atoms with Crippen LogP contribution in [0.5, 0.6) is 0 Å². The zero-order chi connectivity index (χ0) is 16.7. The monoisotopic (exact) mass is 323 g/mol. The largest absolute Gasteiger partial charge is 0.366 e. The number of nitrogens with two attached hydrogens (primary N) is 1. The quantitative estimate of drug-likeness (QED) is 0.758. The summed E-state index contributed by atoms with van der Waals surface area (Å²) in [7, 11) is 0. The van der Waals surface area contributed by atoms with Crippen molar-refractivity contribution in [1.82, 2.24) is 14.8 Å². The van der Waals surface area contributed by atoms with Crippen molar-refractivity contribution in [3.63, 3.8) is 0 Å². The van der Waals surface area contributed by atoms with Gasteiger partial charge < -0.3 is 11.1 Å². The molecule has 0 amide bonds. The summed E-state index contributed by atoms with van der Waals surface area (Å²) >= 11 is 0. The molecule has 1 aromatic heterocycles. The molecule has 2 heterocycles. The minimum Gasteiger partial charge on any atom is -0.366 e. The first kappa shape index (κ1) is 14.7. The summed E-state index contributed by atoms with van der Waals surface area (Å²) in [5, 5.41) is 7.70. The van der Waals surface area contributed by atoms with Gasteiger partial charge in [0.15, 0.2) is 0 Å². The molecule has 2 aromatic carbocycles. The lowest BCUT2D eigenvalue weighted by molar-refractivity contribution is 0.431. The van der Waals surface area contributed by atoms with E-state index >= 15 is 0 Å². The number of anilines is 2. The Bertz CT molecular complexity index is 854. The third-order valence-electron chi connectivity index (χ3n) is 4.44. The standard InChI is InChI=1S/C18H18FN5/c1-11-2-4-12(5-3-11)15-10-16(13-6-8-14(19)9-7-13)24-18(21-15)22-17(20)23-24/h2-9,15-16H,10H2,1H3,(H3,20,21,22,23). The summed E-state index contributed by atoms with van der Waals surface area (Å²) in [6, 6.07) is 15.0. The zero-order valence-corrected chi connectivity index (χ0v) is 13.3. The summed E-state index contributed by atoms with van der Waals surface area (Å²) < 4.78 is 15.1. The lowest BCUT2D eigenvalue weighted by Gasteiger charge is -2.31. The van der Waals surface area contributed by atoms with Gasteiger partial charge in [-0.05, 0) is 36.6 Å². The Hall–Kier alpha value is -2.89. The Kier molecular flexibility index (Phi) is 3.45. The lowest BCUT2D eigenvalue weighted by Crippen LogP contribution is -2.28. The van der Waals surface area contributed by atoms with Gasteiger partial charge in [0.05, 0.1) is 12.1 Å². The number of hydrogen-bond donors (Lipinski definition) is 2. The number of aryl methyl sites for hydroxylation is 1. The van der Waals surface area contributed by atoms with Crippen LogP contribution in [-0.4, -0.2) is 14.8 Å². The molecule has 0 bridgehead atoms. The van der Waals surface area contributed by atoms with E-state index in [1.807, 2.05) is 0 Å². The second kappa shape index (κ2) is 5.63. The molecule has 1 aliphatic rings. The summed E-state index contributed by atoms with van der Waals surface area (Å²) in [5.74, 6) is 0.619. The van der Waals surface area contributed by atoms with Gasteiger partial charge in [0.2, 0.25) is 11.9 Å². The fourth-order valence-electron chi connectivity index (χ4n) is 3.17. The normalized spacial score (nSPS) is 19.6. The van der Waals surface area contributed by atoms with E-state index < -0.39 is 0 Å². The molecule has 3 N–H and O–H groups in total. The maximum absolute atomic E-state index is 13.3. The molecule has 6 heteroatoms. The molecular formula is C18H18FN5. The highest BCUT2D eigenvalue weighted by Gasteiger charge is 2.30. The van der Waals surface area contributed by atoms with E-state index in [0.29, 0.717) is 5.95 Å². The number of aromatic nitrogens is 3. The highest BCUT2D eigenvalue weighted by atomic mass is 19.1. The van der Waals surface area contributed by atoms with Gasteiger partial charge >= 0.3 is 0 Å². The lowest BCUT2D eigenvalue weighted by atomic mass is 9.93. The van der Waals surface area contributed by atoms with Gasteiger partial charge in [0, 0.05) is 0 Å². The van der Waals surface area contributed by atoms with Gasteiger partial charge in [0.1, 0.15) is 5.82 Å². The maximum atomic E-state index is 13.3. The van der Waals surface area contributed by atoms with Crippen LogP contribution in [0.2, 0.25) is 0 Å². The Morgan fingerprint density at radius 2 is 1.75 bits per heavy atom. The number of hydrogen-bond acceptors (Lipinski definition) is 4. The third-order valence-corrected chi connectivity index (χ3v) is 4.44. The third kappa shape index (κ3) is 2.60. The number of halogens is 1. The topological polar surface area (TPSA) is 68.8 Å². The van der Waals surface area contributed by atoms with Gasteiger partial charge in [-0.3, -0.25) is 0 Å². The van der Waals surface area contributed by atoms with Crippen molar-refractivity contribution in [2.45, 2.75) is 25.4 Å². The molecule has 0 fully saturated rings. The van der Waals surface area contributed by atoms with Gasteiger partial charge in [-0.2, -0.15) is 4.98 Å². The smallest absolute Gasteiger partial charge is 0.241 e. The Morgan fingerprint density at radius 3 is 2.46 bits per heavy atom. The Labute approximate surface area is 139 Å². The molecule has 122 valence electrons. The first-order chi connectivity index (χ1) is 11.6. The Balaban J connectivity index is 1.74. The first-order valence-electron chi connectivity index (χ1n) is 7.91. The van der Waals surface area contributed by atoms with Crippen LogP contribution in [0, 0.1) is 12.7 Å². The molecule has 0 radical (unpaired) electrons. The number of nitrogens with zero attached hydrogens (tertiary/aromatic N) is 3. The van der Waals surface area contributed by atoms with Crippen LogP contribution in [0.4, 0.5) is 16.3 Å². The molecule has 0 saturated heterocycles. The summed E-state index contributed by atoms with van der Waals surface area (Å²) in [6.45, 7) is 2.07. The maximum Gasteiger partial charge on any atom is 0.241 e. The van der Waals surface area contributed by atoms with Crippen LogP contribution in [-0.2, 0) is 0 Å². The fraction of sp³-hybridized carbons (Fsp3) is 0.222. The van der Waals surface area contributed by atoms with Gasteiger partial charge in [-0.1, -0.05) is 42.0 Å². The second-order valence-electron chi connectivity index (χ2n) is 6.15. The van der Waals surface area contributed by atoms with Crippen molar-refractivity contribution in [1.29, 1.82) is 0 Å². The van der Waals surface area contributed by atoms with E-state index in [1.165, 1.54) is 23.3 Å². The molecular weight excluding hydrogens is 305 g/mol. The second-order valence-corrected chi connectivity index (χ2v) is 6.15. The van der Waals surface area contributed by atoms with E-state index in [9.17, 15) is 4.39 Å². The molecule has 2 unspecified atom stereocenters. The molecule has 0 aliphatic carbocycles.